The molecule has 11 atom stereocenters. The van der Waals surface area contributed by atoms with E-state index < -0.39 is 54.2 Å². The monoisotopic (exact) mass is 934 g/mol. The summed E-state index contributed by atoms with van der Waals surface area (Å²) in [5.41, 5.74) is 0.829. The van der Waals surface area contributed by atoms with E-state index in [1.807, 2.05) is 58.0 Å². The standard InChI is InChI=1S/C51H75N5O11/c1-9-32(4)46(40(66-7)30-44(61)54-26-16-19-38(54)48(67-8)33(5)39(57)29-36(51(64)65)27-34-17-12-10-13-18-34)53(6)50(63)45(31(2)3)52-49(62)47-35-21-22-37(28-35)56(47)43(60)20-14-11-15-25-55-41(58)23-24-42(55)59/h10,12-13,17-18,23-24,31-33,35-38,40,45-48H,9,11,14-16,19-22,25-30H2,1-8H3,(H,52,62)(H,64,65)/t32-,33-,35-,36+,37-,38-,40+,45-,46-,47-,48+/m0/s1. The smallest absolute Gasteiger partial charge is 0.307 e. The van der Waals surface area contributed by atoms with Gasteiger partial charge >= 0.3 is 5.97 Å². The summed E-state index contributed by atoms with van der Waals surface area (Å²) in [5.74, 6) is -4.96. The second-order valence-electron chi connectivity index (χ2n) is 19.7. The Balaban J connectivity index is 1.22. The fourth-order valence-electron chi connectivity index (χ4n) is 11.1. The van der Waals surface area contributed by atoms with Crippen LogP contribution in [0.3, 0.4) is 0 Å². The Morgan fingerprint density at radius 3 is 2.18 bits per heavy atom. The Morgan fingerprint density at radius 1 is 0.881 bits per heavy atom. The molecule has 0 spiro atoms. The molecular weight excluding hydrogens is 859 g/mol. The number of hydrogen-bond donors (Lipinski definition) is 2. The molecule has 3 fully saturated rings. The number of Topliss-reactive ketones (excluding diaryl/α,β-unsaturated/α-hetero) is 1. The SMILES string of the molecule is CC[C@H](C)[C@@H]([C@@H](CC(=O)N1CCC[C@H]1[C@H](OC)[C@@H](C)C(=O)C[C@@H](Cc1ccccc1)C(=O)O)OC)N(C)C(=O)[C@@H](NC(=O)[C@@H]1[C@H]2CC[C@@H](C2)N1C(=O)CCCCCN1C(=O)C=CC1=O)C(C)C. The minimum atomic E-state index is -1.05. The lowest BCUT2D eigenvalue weighted by Crippen LogP contribution is -2.60. The number of carboxylic acid groups (broad SMARTS) is 1. The van der Waals surface area contributed by atoms with Gasteiger partial charge in [-0.1, -0.05) is 77.8 Å². The Bertz CT molecular complexity index is 1940. The molecule has 2 bridgehead atoms. The van der Waals surface area contributed by atoms with Gasteiger partial charge in [0.15, 0.2) is 0 Å². The highest BCUT2D eigenvalue weighted by Gasteiger charge is 2.52. The number of unbranched alkanes of at least 4 members (excludes halogenated alkanes) is 2. The number of fused-ring (bicyclic) bond motifs is 2. The van der Waals surface area contributed by atoms with Crippen LogP contribution in [0.15, 0.2) is 42.5 Å². The largest absolute Gasteiger partial charge is 0.481 e. The zero-order chi connectivity index (χ0) is 49.1. The van der Waals surface area contributed by atoms with Crippen molar-refractivity contribution in [3.05, 3.63) is 48.0 Å². The maximum atomic E-state index is 14.7. The highest BCUT2D eigenvalue weighted by molar-refractivity contribution is 6.12. The van der Waals surface area contributed by atoms with Gasteiger partial charge in [-0.25, -0.2) is 0 Å². The molecule has 370 valence electrons. The maximum Gasteiger partial charge on any atom is 0.307 e. The summed E-state index contributed by atoms with van der Waals surface area (Å²) in [4.78, 5) is 113. The average molecular weight is 934 g/mol. The molecule has 1 aliphatic carbocycles. The first-order chi connectivity index (χ1) is 31.9. The van der Waals surface area contributed by atoms with Crippen molar-refractivity contribution in [1.29, 1.82) is 0 Å². The van der Waals surface area contributed by atoms with E-state index in [2.05, 4.69) is 5.32 Å². The van der Waals surface area contributed by atoms with E-state index in [-0.39, 0.29) is 90.7 Å². The number of hydrogen-bond acceptors (Lipinski definition) is 10. The van der Waals surface area contributed by atoms with Crippen LogP contribution in [0.25, 0.3) is 0 Å². The number of carbonyl (C=O) groups is 8. The Morgan fingerprint density at radius 2 is 1.57 bits per heavy atom. The first-order valence-corrected chi connectivity index (χ1v) is 24.5. The van der Waals surface area contributed by atoms with Crippen molar-refractivity contribution in [3.8, 4) is 0 Å². The minimum Gasteiger partial charge on any atom is -0.481 e. The molecule has 16 nitrogen and oxygen atoms in total. The van der Waals surface area contributed by atoms with Crippen molar-refractivity contribution in [2.75, 3.05) is 34.4 Å². The molecular formula is C51H75N5O11. The normalized spacial score (nSPS) is 23.3. The summed E-state index contributed by atoms with van der Waals surface area (Å²) < 4.78 is 12.0. The summed E-state index contributed by atoms with van der Waals surface area (Å²) in [6, 6.07) is 6.57. The number of likely N-dealkylation sites (N-methyl/N-ethyl adjacent to an activating group) is 1. The van der Waals surface area contributed by atoms with E-state index >= 15 is 0 Å². The van der Waals surface area contributed by atoms with Crippen LogP contribution in [-0.4, -0.2) is 149 Å². The molecule has 3 aliphatic heterocycles. The van der Waals surface area contributed by atoms with Crippen molar-refractivity contribution < 1.29 is 52.9 Å². The van der Waals surface area contributed by atoms with Gasteiger partial charge < -0.3 is 34.6 Å². The van der Waals surface area contributed by atoms with E-state index in [1.54, 1.807) is 28.7 Å². The molecule has 67 heavy (non-hydrogen) atoms. The van der Waals surface area contributed by atoms with Crippen LogP contribution in [0.5, 0.6) is 0 Å². The highest BCUT2D eigenvalue weighted by Crippen LogP contribution is 2.43. The molecule has 0 radical (unpaired) electrons. The Hall–Kier alpha value is -4.96. The molecule has 2 N–H and O–H groups in total. The zero-order valence-electron chi connectivity index (χ0n) is 40.9. The lowest BCUT2D eigenvalue weighted by Gasteiger charge is -2.41. The summed E-state index contributed by atoms with van der Waals surface area (Å²) in [7, 11) is 4.72. The number of amides is 6. The van der Waals surface area contributed by atoms with Crippen LogP contribution in [0.2, 0.25) is 0 Å². The lowest BCUT2D eigenvalue weighted by molar-refractivity contribution is -0.149. The third kappa shape index (κ3) is 12.8. The molecule has 6 amide bonds. The second-order valence-corrected chi connectivity index (χ2v) is 19.7. The number of rotatable bonds is 26. The Kier molecular flexibility index (Phi) is 19.3. The van der Waals surface area contributed by atoms with Crippen LogP contribution >= 0.6 is 0 Å². The molecule has 1 aromatic carbocycles. The maximum absolute atomic E-state index is 14.7. The van der Waals surface area contributed by atoms with Crippen molar-refractivity contribution in [1.82, 2.24) is 24.9 Å². The fraction of sp³-hybridized carbons (Fsp3) is 0.686. The molecule has 0 unspecified atom stereocenters. The number of benzene rings is 1. The van der Waals surface area contributed by atoms with Crippen LogP contribution in [-0.2, 0) is 54.3 Å². The number of carbonyl (C=O) groups excluding carboxylic acids is 7. The van der Waals surface area contributed by atoms with Gasteiger partial charge in [-0.05, 0) is 74.7 Å². The number of methoxy groups -OCH3 is 2. The number of imide groups is 1. The van der Waals surface area contributed by atoms with Gasteiger partial charge in [-0.15, -0.1) is 0 Å². The number of likely N-dealkylation sites (tertiary alicyclic amines) is 2. The average Bonchev–Trinajstić information content (AvgIpc) is 4.13. The predicted molar refractivity (Wildman–Crippen MR) is 250 cm³/mol. The first-order valence-electron chi connectivity index (χ1n) is 24.5. The van der Waals surface area contributed by atoms with Crippen LogP contribution < -0.4 is 5.32 Å². The van der Waals surface area contributed by atoms with Crippen LogP contribution in [0.1, 0.15) is 117 Å². The van der Waals surface area contributed by atoms with Gasteiger partial charge in [-0.3, -0.25) is 43.3 Å². The second kappa shape index (κ2) is 24.4. The topological polar surface area (TPSA) is 200 Å². The quantitative estimate of drug-likeness (QED) is 0.0954. The van der Waals surface area contributed by atoms with Crippen LogP contribution in [0, 0.1) is 29.6 Å². The molecule has 1 saturated carbocycles. The molecule has 16 heteroatoms. The summed E-state index contributed by atoms with van der Waals surface area (Å²) >= 11 is 0. The van der Waals surface area contributed by atoms with Crippen molar-refractivity contribution in [2.24, 2.45) is 29.6 Å². The molecule has 1 aromatic rings. The van der Waals surface area contributed by atoms with E-state index in [0.29, 0.717) is 51.6 Å². The van der Waals surface area contributed by atoms with Crippen molar-refractivity contribution in [3.63, 3.8) is 0 Å². The number of nitrogens with zero attached hydrogens (tertiary/aromatic N) is 4. The van der Waals surface area contributed by atoms with Crippen molar-refractivity contribution in [2.45, 2.75) is 161 Å². The number of ketones is 1. The third-order valence-corrected chi connectivity index (χ3v) is 15.0. The zero-order valence-corrected chi connectivity index (χ0v) is 40.9. The number of nitrogens with one attached hydrogen (secondary N) is 1. The Labute approximate surface area is 396 Å². The van der Waals surface area contributed by atoms with Gasteiger partial charge in [0.1, 0.15) is 17.9 Å². The lowest BCUT2D eigenvalue weighted by atomic mass is 9.85. The number of ether oxygens (including phenoxy) is 2. The molecule has 0 aromatic heterocycles. The van der Waals surface area contributed by atoms with E-state index in [9.17, 15) is 43.5 Å². The summed E-state index contributed by atoms with van der Waals surface area (Å²) in [6.07, 6.45) is 7.46. The van der Waals surface area contributed by atoms with Gasteiger partial charge in [-0.2, -0.15) is 0 Å². The highest BCUT2D eigenvalue weighted by atomic mass is 16.5. The van der Waals surface area contributed by atoms with Crippen LogP contribution in [0.4, 0.5) is 0 Å². The fourth-order valence-corrected chi connectivity index (χ4v) is 11.1. The van der Waals surface area contributed by atoms with Gasteiger partial charge in [0, 0.05) is 71.3 Å². The minimum absolute atomic E-state index is 0.0134. The van der Waals surface area contributed by atoms with Gasteiger partial charge in [0.25, 0.3) is 11.8 Å². The first kappa shape index (κ1) is 53.0. The van der Waals surface area contributed by atoms with E-state index in [0.717, 1.165) is 24.8 Å². The van der Waals surface area contributed by atoms with E-state index in [4.69, 9.17) is 9.47 Å². The van der Waals surface area contributed by atoms with Gasteiger partial charge in [0.05, 0.1) is 36.6 Å². The molecule has 5 rings (SSSR count). The summed E-state index contributed by atoms with van der Waals surface area (Å²) in [5, 5.41) is 13.1. The molecule has 3 heterocycles. The number of aliphatic carboxylic acids is 1. The number of piperidine rings is 1. The molecule has 4 aliphatic rings. The predicted octanol–water partition coefficient (Wildman–Crippen LogP) is 4.82. The van der Waals surface area contributed by atoms with Crippen molar-refractivity contribution >= 4 is 47.2 Å². The summed E-state index contributed by atoms with van der Waals surface area (Å²) in [6.45, 7) is 10.2. The van der Waals surface area contributed by atoms with E-state index in [1.165, 1.54) is 31.3 Å². The third-order valence-electron chi connectivity index (χ3n) is 15.0. The number of carboxylic acids is 1. The van der Waals surface area contributed by atoms with Gasteiger partial charge in [0.2, 0.25) is 23.6 Å². The molecule has 2 saturated heterocycles.